The number of nitrogens with zero attached hydrogens (tertiary/aromatic N) is 1. The topological polar surface area (TPSA) is 38.8 Å². The van der Waals surface area contributed by atoms with Gasteiger partial charge in [-0.1, -0.05) is 45.0 Å². The summed E-state index contributed by atoms with van der Waals surface area (Å²) in [4.78, 5) is 1.33. The molecule has 4 heteroatoms. The fourth-order valence-corrected chi connectivity index (χ4v) is 3.29. The molecule has 0 bridgehead atoms. The summed E-state index contributed by atoms with van der Waals surface area (Å²) in [6, 6.07) is 13.2. The third-order valence-electron chi connectivity index (χ3n) is 5.45. The van der Waals surface area contributed by atoms with E-state index in [1.54, 1.807) is 7.11 Å². The molecule has 150 valence electrons. The van der Waals surface area contributed by atoms with E-state index in [2.05, 4.69) is 81.8 Å². The number of aliphatic hydroxyl groups is 1. The van der Waals surface area contributed by atoms with Crippen molar-refractivity contribution in [1.29, 1.82) is 0 Å². The molecule has 0 amide bonds. The van der Waals surface area contributed by atoms with Crippen molar-refractivity contribution < 1.29 is 14.7 Å². The fourth-order valence-electron chi connectivity index (χ4n) is 3.29. The molecule has 0 spiro atoms. The number of aromatic nitrogens is 1. The molecule has 0 radical (unpaired) electrons. The number of methoxy groups -OCH3 is 1. The van der Waals surface area contributed by atoms with Gasteiger partial charge in [0.05, 0.1) is 18.9 Å². The molecule has 1 unspecified atom stereocenters. The molecule has 0 saturated carbocycles. The van der Waals surface area contributed by atoms with Gasteiger partial charge in [0, 0.05) is 19.9 Å². The van der Waals surface area contributed by atoms with Crippen LogP contribution in [0.2, 0.25) is 0 Å². The van der Waals surface area contributed by atoms with Crippen LogP contribution in [-0.4, -0.2) is 42.1 Å². The van der Waals surface area contributed by atoms with Crippen LogP contribution in [0.5, 0.6) is 0 Å². The molecule has 0 fully saturated rings. The monoisotopic (exact) mass is 373 g/mol. The Morgan fingerprint density at radius 2 is 1.70 bits per heavy atom. The first-order valence-corrected chi connectivity index (χ1v) is 9.86. The highest BCUT2D eigenvalue weighted by Gasteiger charge is 2.30. The number of rotatable bonds is 9. The summed E-state index contributed by atoms with van der Waals surface area (Å²) in [7, 11) is 1.73. The standard InChI is InChI=1S/C23H36N2O2/c1-22(2,3)20-11-9-19(10-12-20)16-24-13-7-8-21(24)17-25(14-15-27-6)23(4,5)18-26/h7-13,26H,14-18H2,1-6H3/p+1. The third-order valence-corrected chi connectivity index (χ3v) is 5.45. The normalized spacial score (nSPS) is 13.7. The highest BCUT2D eigenvalue weighted by molar-refractivity contribution is 5.28. The van der Waals surface area contributed by atoms with Crippen LogP contribution in [0.3, 0.4) is 0 Å². The van der Waals surface area contributed by atoms with Crippen molar-refractivity contribution in [3.8, 4) is 0 Å². The number of quaternary nitrogens is 1. The van der Waals surface area contributed by atoms with Crippen molar-refractivity contribution in [1.82, 2.24) is 4.57 Å². The minimum Gasteiger partial charge on any atom is -0.390 e. The molecule has 1 aromatic carbocycles. The van der Waals surface area contributed by atoms with Crippen molar-refractivity contribution in [2.75, 3.05) is 26.9 Å². The summed E-state index contributed by atoms with van der Waals surface area (Å²) in [5.41, 5.74) is 3.92. The number of aliphatic hydroxyl groups excluding tert-OH is 1. The average molecular weight is 374 g/mol. The van der Waals surface area contributed by atoms with Crippen molar-refractivity contribution in [2.24, 2.45) is 0 Å². The van der Waals surface area contributed by atoms with E-state index >= 15 is 0 Å². The summed E-state index contributed by atoms with van der Waals surface area (Å²) < 4.78 is 7.60. The lowest BCUT2D eigenvalue weighted by atomic mass is 9.87. The Balaban J connectivity index is 2.14. The first-order valence-electron chi connectivity index (χ1n) is 9.86. The number of nitrogens with one attached hydrogen (secondary N) is 1. The van der Waals surface area contributed by atoms with Crippen molar-refractivity contribution in [2.45, 2.75) is 58.7 Å². The second-order valence-corrected chi connectivity index (χ2v) is 9.14. The lowest BCUT2D eigenvalue weighted by molar-refractivity contribution is -0.962. The van der Waals surface area contributed by atoms with Gasteiger partial charge in [-0.2, -0.15) is 0 Å². The number of benzene rings is 1. The van der Waals surface area contributed by atoms with Crippen molar-refractivity contribution in [3.63, 3.8) is 0 Å². The molecule has 0 aliphatic rings. The molecular weight excluding hydrogens is 336 g/mol. The van der Waals surface area contributed by atoms with Crippen LogP contribution in [0.15, 0.2) is 42.6 Å². The van der Waals surface area contributed by atoms with Crippen molar-refractivity contribution in [3.05, 3.63) is 59.4 Å². The maximum absolute atomic E-state index is 9.82. The molecule has 2 aromatic rings. The smallest absolute Gasteiger partial charge is 0.119 e. The van der Waals surface area contributed by atoms with Crippen LogP contribution in [0.25, 0.3) is 0 Å². The Kier molecular flexibility index (Phi) is 7.26. The van der Waals surface area contributed by atoms with E-state index in [0.717, 1.165) is 19.6 Å². The summed E-state index contributed by atoms with van der Waals surface area (Å²) >= 11 is 0. The van der Waals surface area contributed by atoms with E-state index in [1.807, 2.05) is 0 Å². The third kappa shape index (κ3) is 5.93. The number of ether oxygens (including phenoxy) is 1. The molecule has 4 nitrogen and oxygen atoms in total. The Labute approximate surface area is 164 Å². The molecule has 1 aromatic heterocycles. The minimum absolute atomic E-state index is 0.154. The van der Waals surface area contributed by atoms with Crippen molar-refractivity contribution >= 4 is 0 Å². The van der Waals surface area contributed by atoms with Gasteiger partial charge in [-0.3, -0.25) is 0 Å². The van der Waals surface area contributed by atoms with E-state index in [4.69, 9.17) is 4.74 Å². The lowest BCUT2D eigenvalue weighted by Gasteiger charge is -2.34. The Morgan fingerprint density at radius 3 is 2.26 bits per heavy atom. The summed E-state index contributed by atoms with van der Waals surface area (Å²) in [5.74, 6) is 0. The maximum Gasteiger partial charge on any atom is 0.119 e. The Morgan fingerprint density at radius 1 is 1.04 bits per heavy atom. The summed E-state index contributed by atoms with van der Waals surface area (Å²) in [5, 5.41) is 9.82. The van der Waals surface area contributed by atoms with Crippen LogP contribution in [-0.2, 0) is 23.2 Å². The van der Waals surface area contributed by atoms with E-state index in [-0.39, 0.29) is 17.6 Å². The maximum atomic E-state index is 9.82. The van der Waals surface area contributed by atoms with Gasteiger partial charge in [-0.15, -0.1) is 0 Å². The molecule has 0 aliphatic heterocycles. The second-order valence-electron chi connectivity index (χ2n) is 9.14. The quantitative estimate of drug-likeness (QED) is 0.709. The molecule has 2 rings (SSSR count). The van der Waals surface area contributed by atoms with Gasteiger partial charge in [-0.05, 0) is 42.5 Å². The summed E-state index contributed by atoms with van der Waals surface area (Å²) in [6.45, 7) is 14.4. The molecule has 27 heavy (non-hydrogen) atoms. The molecule has 1 heterocycles. The molecule has 1 atom stereocenters. The van der Waals surface area contributed by atoms with Gasteiger partial charge in [0.1, 0.15) is 18.6 Å². The average Bonchev–Trinajstić information content (AvgIpc) is 3.05. The van der Waals surface area contributed by atoms with Gasteiger partial charge in [0.2, 0.25) is 0 Å². The van der Waals surface area contributed by atoms with Crippen LogP contribution in [0, 0.1) is 0 Å². The van der Waals surface area contributed by atoms with E-state index in [1.165, 1.54) is 21.7 Å². The van der Waals surface area contributed by atoms with Crippen LogP contribution in [0.4, 0.5) is 0 Å². The SMILES string of the molecule is COCC[NH+](Cc1cccn1Cc1ccc(C(C)(C)C)cc1)C(C)(C)CO. The highest BCUT2D eigenvalue weighted by atomic mass is 16.5. The van der Waals surface area contributed by atoms with Gasteiger partial charge in [-0.25, -0.2) is 0 Å². The van der Waals surface area contributed by atoms with Gasteiger partial charge in [0.25, 0.3) is 0 Å². The van der Waals surface area contributed by atoms with Gasteiger partial charge in [0.15, 0.2) is 0 Å². The van der Waals surface area contributed by atoms with E-state index in [9.17, 15) is 5.11 Å². The lowest BCUT2D eigenvalue weighted by Crippen LogP contribution is -3.19. The molecule has 0 aliphatic carbocycles. The molecular formula is C23H37N2O2+. The zero-order valence-electron chi connectivity index (χ0n) is 17.9. The molecule has 0 saturated heterocycles. The van der Waals surface area contributed by atoms with Crippen LogP contribution in [0.1, 0.15) is 51.4 Å². The largest absolute Gasteiger partial charge is 0.390 e. The first kappa shape index (κ1) is 21.7. The van der Waals surface area contributed by atoms with Gasteiger partial charge >= 0.3 is 0 Å². The van der Waals surface area contributed by atoms with Gasteiger partial charge < -0.3 is 19.3 Å². The Hall–Kier alpha value is -1.62. The minimum atomic E-state index is -0.206. The predicted octanol–water partition coefficient (Wildman–Crippen LogP) is 2.64. The number of hydrogen-bond acceptors (Lipinski definition) is 2. The zero-order chi connectivity index (χ0) is 20.1. The highest BCUT2D eigenvalue weighted by Crippen LogP contribution is 2.22. The first-order chi connectivity index (χ1) is 12.7. The number of hydrogen-bond donors (Lipinski definition) is 2. The van der Waals surface area contributed by atoms with E-state index < -0.39 is 0 Å². The zero-order valence-corrected chi connectivity index (χ0v) is 17.9. The Bertz CT molecular complexity index is 696. The molecule has 2 N–H and O–H groups in total. The second kappa shape index (κ2) is 9.05. The van der Waals surface area contributed by atoms with Crippen LogP contribution >= 0.6 is 0 Å². The van der Waals surface area contributed by atoms with Crippen LogP contribution < -0.4 is 4.90 Å². The fraction of sp³-hybridized carbons (Fsp3) is 0.565. The summed E-state index contributed by atoms with van der Waals surface area (Å²) in [6.07, 6.45) is 2.15. The predicted molar refractivity (Wildman–Crippen MR) is 111 cm³/mol. The van der Waals surface area contributed by atoms with E-state index in [0.29, 0.717) is 6.61 Å².